The normalized spacial score (nSPS) is 17.4. The molecule has 0 aromatic heterocycles. The predicted octanol–water partition coefficient (Wildman–Crippen LogP) is 2.52. The summed E-state index contributed by atoms with van der Waals surface area (Å²) in [4.78, 5) is 26.2. The van der Waals surface area contributed by atoms with Gasteiger partial charge in [0, 0.05) is 39.3 Å². The third kappa shape index (κ3) is 6.50. The lowest BCUT2D eigenvalue weighted by Crippen LogP contribution is -2.33. The molecular formula is C20H30N2O3. The minimum atomic E-state index is -0.241. The van der Waals surface area contributed by atoms with Crippen LogP contribution >= 0.6 is 0 Å². The van der Waals surface area contributed by atoms with Crippen LogP contribution < -0.4 is 5.32 Å². The van der Waals surface area contributed by atoms with Crippen LogP contribution in [0.3, 0.4) is 0 Å². The van der Waals surface area contributed by atoms with E-state index in [4.69, 9.17) is 4.74 Å². The molecular weight excluding hydrogens is 316 g/mol. The summed E-state index contributed by atoms with van der Waals surface area (Å²) in [6.07, 6.45) is 1.10. The molecule has 0 spiro atoms. The summed E-state index contributed by atoms with van der Waals surface area (Å²) < 4.78 is 5.50. The number of amides is 2. The highest BCUT2D eigenvalue weighted by molar-refractivity contribution is 5.89. The molecule has 0 saturated carbocycles. The van der Waals surface area contributed by atoms with E-state index in [1.807, 2.05) is 31.2 Å². The molecule has 1 aliphatic heterocycles. The maximum atomic E-state index is 12.2. The highest BCUT2D eigenvalue weighted by atomic mass is 16.5. The van der Waals surface area contributed by atoms with Crippen molar-refractivity contribution in [2.45, 2.75) is 40.2 Å². The van der Waals surface area contributed by atoms with Gasteiger partial charge in [-0.1, -0.05) is 43.7 Å². The van der Waals surface area contributed by atoms with Crippen LogP contribution in [-0.4, -0.2) is 43.0 Å². The third-order valence-corrected chi connectivity index (χ3v) is 4.30. The Labute approximate surface area is 150 Å². The Morgan fingerprint density at radius 1 is 1.32 bits per heavy atom. The second-order valence-electron chi connectivity index (χ2n) is 7.27. The highest BCUT2D eigenvalue weighted by Gasteiger charge is 2.33. The predicted molar refractivity (Wildman–Crippen MR) is 98.0 cm³/mol. The average molecular weight is 346 g/mol. The lowest BCUT2D eigenvalue weighted by molar-refractivity contribution is -0.129. The van der Waals surface area contributed by atoms with Crippen LogP contribution in [0.15, 0.2) is 24.3 Å². The Bertz CT molecular complexity index is 569. The van der Waals surface area contributed by atoms with Gasteiger partial charge in [0.2, 0.25) is 11.8 Å². The zero-order valence-electron chi connectivity index (χ0n) is 15.6. The number of aryl methyl sites for hydroxylation is 1. The Kier molecular flexibility index (Phi) is 7.44. The average Bonchev–Trinajstić information content (AvgIpc) is 2.93. The summed E-state index contributed by atoms with van der Waals surface area (Å²) in [6, 6.07) is 8.16. The maximum absolute atomic E-state index is 12.2. The van der Waals surface area contributed by atoms with Crippen LogP contribution in [0, 0.1) is 18.8 Å². The molecule has 1 unspecified atom stereocenters. The summed E-state index contributed by atoms with van der Waals surface area (Å²) >= 11 is 0. The van der Waals surface area contributed by atoms with E-state index in [9.17, 15) is 9.59 Å². The zero-order valence-corrected chi connectivity index (χ0v) is 15.6. The van der Waals surface area contributed by atoms with E-state index in [1.165, 1.54) is 5.56 Å². The molecule has 1 aromatic carbocycles. The SMILES string of the molecule is Cc1ccc(CN2CC(C(=O)NCCCOCC(C)C)CC2=O)cc1. The molecule has 25 heavy (non-hydrogen) atoms. The minimum Gasteiger partial charge on any atom is -0.381 e. The fourth-order valence-corrected chi connectivity index (χ4v) is 2.86. The smallest absolute Gasteiger partial charge is 0.225 e. The molecule has 1 aliphatic rings. The largest absolute Gasteiger partial charge is 0.381 e. The van der Waals surface area contributed by atoms with Crippen molar-refractivity contribution in [2.75, 3.05) is 26.3 Å². The van der Waals surface area contributed by atoms with Gasteiger partial charge in [-0.2, -0.15) is 0 Å². The second-order valence-corrected chi connectivity index (χ2v) is 7.27. The monoisotopic (exact) mass is 346 g/mol. The van der Waals surface area contributed by atoms with Gasteiger partial charge in [-0.05, 0) is 24.8 Å². The van der Waals surface area contributed by atoms with Gasteiger partial charge in [0.15, 0.2) is 0 Å². The molecule has 1 N–H and O–H groups in total. The third-order valence-electron chi connectivity index (χ3n) is 4.30. The fraction of sp³-hybridized carbons (Fsp3) is 0.600. The molecule has 1 fully saturated rings. The molecule has 5 heteroatoms. The summed E-state index contributed by atoms with van der Waals surface area (Å²) in [5, 5.41) is 2.93. The van der Waals surface area contributed by atoms with Crippen LogP contribution in [0.1, 0.15) is 37.8 Å². The lowest BCUT2D eigenvalue weighted by atomic mass is 10.1. The summed E-state index contributed by atoms with van der Waals surface area (Å²) in [5.41, 5.74) is 2.30. The van der Waals surface area contributed by atoms with E-state index in [1.54, 1.807) is 4.90 Å². The van der Waals surface area contributed by atoms with Crippen LogP contribution in [0.25, 0.3) is 0 Å². The zero-order chi connectivity index (χ0) is 18.2. The van der Waals surface area contributed by atoms with Crippen molar-refractivity contribution in [3.8, 4) is 0 Å². The van der Waals surface area contributed by atoms with Gasteiger partial charge in [-0.15, -0.1) is 0 Å². The minimum absolute atomic E-state index is 0.0244. The summed E-state index contributed by atoms with van der Waals surface area (Å²) in [5.74, 6) is 0.317. The van der Waals surface area contributed by atoms with E-state index < -0.39 is 0 Å². The molecule has 1 aromatic rings. The van der Waals surface area contributed by atoms with Gasteiger partial charge < -0.3 is 15.0 Å². The van der Waals surface area contributed by atoms with Crippen molar-refractivity contribution in [1.82, 2.24) is 10.2 Å². The summed E-state index contributed by atoms with van der Waals surface area (Å²) in [7, 11) is 0. The molecule has 2 rings (SSSR count). The van der Waals surface area contributed by atoms with Gasteiger partial charge in [0.25, 0.3) is 0 Å². The molecule has 1 atom stereocenters. The van der Waals surface area contributed by atoms with E-state index >= 15 is 0 Å². The number of carbonyl (C=O) groups excluding carboxylic acids is 2. The maximum Gasteiger partial charge on any atom is 0.225 e. The van der Waals surface area contributed by atoms with Gasteiger partial charge >= 0.3 is 0 Å². The van der Waals surface area contributed by atoms with Crippen LogP contribution in [0.2, 0.25) is 0 Å². The van der Waals surface area contributed by atoms with Gasteiger partial charge in [0.1, 0.15) is 0 Å². The Morgan fingerprint density at radius 3 is 2.72 bits per heavy atom. The Hall–Kier alpha value is -1.88. The Morgan fingerprint density at radius 2 is 2.04 bits per heavy atom. The van der Waals surface area contributed by atoms with Crippen molar-refractivity contribution in [1.29, 1.82) is 0 Å². The van der Waals surface area contributed by atoms with E-state index in [0.717, 1.165) is 18.6 Å². The number of ether oxygens (including phenoxy) is 1. The van der Waals surface area contributed by atoms with Crippen molar-refractivity contribution >= 4 is 11.8 Å². The van der Waals surface area contributed by atoms with E-state index in [0.29, 0.717) is 38.6 Å². The molecule has 0 bridgehead atoms. The van der Waals surface area contributed by atoms with Gasteiger partial charge in [-0.3, -0.25) is 9.59 Å². The molecule has 138 valence electrons. The molecule has 0 radical (unpaired) electrons. The number of hydrogen-bond acceptors (Lipinski definition) is 3. The molecule has 5 nitrogen and oxygen atoms in total. The van der Waals surface area contributed by atoms with Crippen molar-refractivity contribution in [3.05, 3.63) is 35.4 Å². The second kappa shape index (κ2) is 9.56. The highest BCUT2D eigenvalue weighted by Crippen LogP contribution is 2.20. The molecule has 0 aliphatic carbocycles. The number of nitrogens with one attached hydrogen (secondary N) is 1. The number of benzene rings is 1. The number of rotatable bonds is 9. The number of nitrogens with zero attached hydrogens (tertiary/aromatic N) is 1. The Balaban J connectivity index is 1.70. The topological polar surface area (TPSA) is 58.6 Å². The molecule has 1 heterocycles. The van der Waals surface area contributed by atoms with Crippen molar-refractivity contribution in [2.24, 2.45) is 11.8 Å². The molecule has 1 saturated heterocycles. The van der Waals surface area contributed by atoms with Crippen molar-refractivity contribution in [3.63, 3.8) is 0 Å². The van der Waals surface area contributed by atoms with Crippen LogP contribution in [0.5, 0.6) is 0 Å². The fourth-order valence-electron chi connectivity index (χ4n) is 2.86. The lowest BCUT2D eigenvalue weighted by Gasteiger charge is -2.17. The first kappa shape index (κ1) is 19.4. The van der Waals surface area contributed by atoms with E-state index in [2.05, 4.69) is 19.2 Å². The summed E-state index contributed by atoms with van der Waals surface area (Å²) in [6.45, 7) is 9.34. The first-order chi connectivity index (χ1) is 12.0. The van der Waals surface area contributed by atoms with Gasteiger partial charge in [-0.25, -0.2) is 0 Å². The van der Waals surface area contributed by atoms with Crippen LogP contribution in [-0.2, 0) is 20.9 Å². The number of likely N-dealkylation sites (tertiary alicyclic amines) is 1. The van der Waals surface area contributed by atoms with Crippen LogP contribution in [0.4, 0.5) is 0 Å². The van der Waals surface area contributed by atoms with Crippen molar-refractivity contribution < 1.29 is 14.3 Å². The van der Waals surface area contributed by atoms with Gasteiger partial charge in [0.05, 0.1) is 5.92 Å². The number of hydrogen-bond donors (Lipinski definition) is 1. The number of carbonyl (C=O) groups is 2. The standard InChI is InChI=1S/C20H30N2O3/c1-15(2)14-25-10-4-9-21-20(24)18-11-19(23)22(13-18)12-17-7-5-16(3)6-8-17/h5-8,15,18H,4,9-14H2,1-3H3,(H,21,24). The first-order valence-corrected chi connectivity index (χ1v) is 9.14. The molecule has 2 amide bonds. The van der Waals surface area contributed by atoms with E-state index in [-0.39, 0.29) is 17.7 Å². The first-order valence-electron chi connectivity index (χ1n) is 9.14. The quantitative estimate of drug-likeness (QED) is 0.699.